The fraction of sp³-hybridized carbons (Fsp3) is 0.923. The van der Waals surface area contributed by atoms with E-state index in [0.29, 0.717) is 18.0 Å². The summed E-state index contributed by atoms with van der Waals surface area (Å²) < 4.78 is 0. The zero-order chi connectivity index (χ0) is 12.0. The third kappa shape index (κ3) is 3.78. The summed E-state index contributed by atoms with van der Waals surface area (Å²) in [4.78, 5) is 14.2. The van der Waals surface area contributed by atoms with Crippen LogP contribution in [-0.2, 0) is 4.79 Å². The van der Waals surface area contributed by atoms with Crippen LogP contribution in [-0.4, -0.2) is 36.0 Å². The minimum atomic E-state index is 0.345. The summed E-state index contributed by atoms with van der Waals surface area (Å²) in [5, 5.41) is 3.35. The average molecular weight is 226 g/mol. The topological polar surface area (TPSA) is 32.3 Å². The molecule has 3 heteroatoms. The van der Waals surface area contributed by atoms with Crippen molar-refractivity contribution < 1.29 is 4.79 Å². The van der Waals surface area contributed by atoms with Gasteiger partial charge in [0.25, 0.3) is 0 Å². The second-order valence-corrected chi connectivity index (χ2v) is 4.97. The average Bonchev–Trinajstić information content (AvgIpc) is 2.24. The molecule has 94 valence electrons. The van der Waals surface area contributed by atoms with E-state index in [2.05, 4.69) is 31.0 Å². The van der Waals surface area contributed by atoms with Crippen molar-refractivity contribution in [2.24, 2.45) is 0 Å². The van der Waals surface area contributed by atoms with E-state index in [-0.39, 0.29) is 0 Å². The van der Waals surface area contributed by atoms with Crippen molar-refractivity contribution in [3.63, 3.8) is 0 Å². The fourth-order valence-corrected chi connectivity index (χ4v) is 2.46. The van der Waals surface area contributed by atoms with E-state index in [1.54, 1.807) is 0 Å². The van der Waals surface area contributed by atoms with E-state index in [0.717, 1.165) is 25.9 Å². The third-order valence-electron chi connectivity index (χ3n) is 3.36. The molecule has 0 spiro atoms. The minimum Gasteiger partial charge on any atom is -0.335 e. The summed E-state index contributed by atoms with van der Waals surface area (Å²) in [5.74, 6) is 0.345. The molecule has 0 aromatic heterocycles. The molecule has 2 atom stereocenters. The molecule has 0 aromatic rings. The van der Waals surface area contributed by atoms with Gasteiger partial charge in [-0.05, 0) is 20.3 Å². The first-order valence-corrected chi connectivity index (χ1v) is 6.68. The molecule has 16 heavy (non-hydrogen) atoms. The van der Waals surface area contributed by atoms with Crippen molar-refractivity contribution in [2.75, 3.05) is 13.1 Å². The van der Waals surface area contributed by atoms with Gasteiger partial charge in [0.2, 0.25) is 5.91 Å². The van der Waals surface area contributed by atoms with Gasteiger partial charge in [0.1, 0.15) is 0 Å². The van der Waals surface area contributed by atoms with Crippen LogP contribution in [0.15, 0.2) is 0 Å². The number of nitrogens with zero attached hydrogens (tertiary/aromatic N) is 1. The molecular formula is C13H26N2O. The zero-order valence-electron chi connectivity index (χ0n) is 11.0. The lowest BCUT2D eigenvalue weighted by atomic mass is 10.1. The summed E-state index contributed by atoms with van der Waals surface area (Å²) in [6, 6.07) is 0.699. The first kappa shape index (κ1) is 13.5. The van der Waals surface area contributed by atoms with Gasteiger partial charge in [-0.2, -0.15) is 0 Å². The van der Waals surface area contributed by atoms with Gasteiger partial charge in [-0.1, -0.05) is 26.2 Å². The van der Waals surface area contributed by atoms with Crippen LogP contribution in [0.25, 0.3) is 0 Å². The lowest BCUT2D eigenvalue weighted by molar-refractivity contribution is -0.136. The normalized spacial score (nSPS) is 25.8. The van der Waals surface area contributed by atoms with Crippen molar-refractivity contribution in [2.45, 2.75) is 65.0 Å². The van der Waals surface area contributed by atoms with Crippen LogP contribution in [0.4, 0.5) is 0 Å². The van der Waals surface area contributed by atoms with E-state index < -0.39 is 0 Å². The highest BCUT2D eigenvalue weighted by atomic mass is 16.2. The Morgan fingerprint density at radius 2 is 1.81 bits per heavy atom. The Kier molecular flexibility index (Phi) is 5.81. The lowest BCUT2D eigenvalue weighted by Gasteiger charge is -2.39. The Labute approximate surface area is 99.6 Å². The highest BCUT2D eigenvalue weighted by Gasteiger charge is 2.27. The summed E-state index contributed by atoms with van der Waals surface area (Å²) in [6.07, 6.45) is 5.45. The van der Waals surface area contributed by atoms with Crippen molar-refractivity contribution in [1.82, 2.24) is 10.2 Å². The summed E-state index contributed by atoms with van der Waals surface area (Å²) in [7, 11) is 0. The molecule has 0 aromatic carbocycles. The molecule has 1 saturated heterocycles. The number of amides is 1. The maximum atomic E-state index is 12.1. The number of unbranched alkanes of at least 4 members (excludes halogenated alkanes) is 3. The van der Waals surface area contributed by atoms with Crippen molar-refractivity contribution in [3.8, 4) is 0 Å². The number of hydrogen-bond donors (Lipinski definition) is 1. The van der Waals surface area contributed by atoms with Gasteiger partial charge in [0.15, 0.2) is 0 Å². The van der Waals surface area contributed by atoms with Gasteiger partial charge in [-0.25, -0.2) is 0 Å². The van der Waals surface area contributed by atoms with E-state index in [1.165, 1.54) is 19.3 Å². The van der Waals surface area contributed by atoms with Crippen LogP contribution in [0.2, 0.25) is 0 Å². The molecule has 3 nitrogen and oxygen atoms in total. The summed E-state index contributed by atoms with van der Waals surface area (Å²) in [6.45, 7) is 8.33. The number of hydrogen-bond acceptors (Lipinski definition) is 2. The van der Waals surface area contributed by atoms with Gasteiger partial charge in [0, 0.05) is 31.6 Å². The lowest BCUT2D eigenvalue weighted by Crippen LogP contribution is -2.57. The number of rotatable bonds is 5. The molecule has 0 saturated carbocycles. The molecule has 1 N–H and O–H groups in total. The van der Waals surface area contributed by atoms with Gasteiger partial charge < -0.3 is 10.2 Å². The van der Waals surface area contributed by atoms with Crippen LogP contribution in [0.5, 0.6) is 0 Å². The molecule has 1 amide bonds. The summed E-state index contributed by atoms with van der Waals surface area (Å²) in [5.41, 5.74) is 0. The van der Waals surface area contributed by atoms with E-state index in [4.69, 9.17) is 0 Å². The second kappa shape index (κ2) is 6.89. The van der Waals surface area contributed by atoms with E-state index in [1.807, 2.05) is 0 Å². The number of nitrogens with one attached hydrogen (secondary N) is 1. The standard InChI is InChI=1S/C13H26N2O/c1-4-5-6-7-8-13(16)15-11(2)9-14-10-12(15)3/h11-12,14H,4-10H2,1-3H3. The fourth-order valence-electron chi connectivity index (χ4n) is 2.46. The first-order valence-electron chi connectivity index (χ1n) is 6.68. The Hall–Kier alpha value is -0.570. The first-order chi connectivity index (χ1) is 7.66. The molecular weight excluding hydrogens is 200 g/mol. The van der Waals surface area contributed by atoms with Crippen LogP contribution < -0.4 is 5.32 Å². The Morgan fingerprint density at radius 1 is 1.19 bits per heavy atom. The number of carbonyl (C=O) groups is 1. The molecule has 1 heterocycles. The Bertz CT molecular complexity index is 208. The van der Waals surface area contributed by atoms with Gasteiger partial charge in [0.05, 0.1) is 0 Å². The Morgan fingerprint density at radius 3 is 2.38 bits per heavy atom. The monoisotopic (exact) mass is 226 g/mol. The summed E-state index contributed by atoms with van der Waals surface area (Å²) >= 11 is 0. The quantitative estimate of drug-likeness (QED) is 0.729. The molecule has 1 aliphatic rings. The predicted molar refractivity (Wildman–Crippen MR) is 67.4 cm³/mol. The van der Waals surface area contributed by atoms with Crippen molar-refractivity contribution in [3.05, 3.63) is 0 Å². The van der Waals surface area contributed by atoms with Crippen LogP contribution in [0.1, 0.15) is 52.9 Å². The smallest absolute Gasteiger partial charge is 0.223 e. The molecule has 0 radical (unpaired) electrons. The number of carbonyl (C=O) groups excluding carboxylic acids is 1. The van der Waals surface area contributed by atoms with E-state index >= 15 is 0 Å². The van der Waals surface area contributed by atoms with Crippen molar-refractivity contribution >= 4 is 5.91 Å². The third-order valence-corrected chi connectivity index (χ3v) is 3.36. The number of piperazine rings is 1. The highest BCUT2D eigenvalue weighted by Crippen LogP contribution is 2.13. The van der Waals surface area contributed by atoms with Gasteiger partial charge in [-0.3, -0.25) is 4.79 Å². The molecule has 1 aliphatic heterocycles. The van der Waals surface area contributed by atoms with Crippen molar-refractivity contribution in [1.29, 1.82) is 0 Å². The second-order valence-electron chi connectivity index (χ2n) is 4.97. The molecule has 0 bridgehead atoms. The molecule has 0 aliphatic carbocycles. The highest BCUT2D eigenvalue weighted by molar-refractivity contribution is 5.77. The van der Waals surface area contributed by atoms with Gasteiger partial charge in [-0.15, -0.1) is 0 Å². The maximum Gasteiger partial charge on any atom is 0.223 e. The zero-order valence-corrected chi connectivity index (χ0v) is 11.0. The van der Waals surface area contributed by atoms with E-state index in [9.17, 15) is 4.79 Å². The molecule has 1 fully saturated rings. The molecule has 1 rings (SSSR count). The van der Waals surface area contributed by atoms with Crippen LogP contribution in [0.3, 0.4) is 0 Å². The Balaban J connectivity index is 2.33. The van der Waals surface area contributed by atoms with Gasteiger partial charge >= 0.3 is 0 Å². The largest absolute Gasteiger partial charge is 0.335 e. The van der Waals surface area contributed by atoms with Crippen LogP contribution >= 0.6 is 0 Å². The SMILES string of the molecule is CCCCCCC(=O)N1C(C)CNCC1C. The maximum absolute atomic E-state index is 12.1. The molecule has 2 unspecified atom stereocenters. The van der Waals surface area contributed by atoms with Crippen LogP contribution in [0, 0.1) is 0 Å². The predicted octanol–water partition coefficient (Wildman–Crippen LogP) is 2.17. The minimum absolute atomic E-state index is 0.345.